The zero-order chi connectivity index (χ0) is 18.7. The first-order valence-electron chi connectivity index (χ1n) is 8.77. The molecule has 0 aliphatic carbocycles. The largest absolute Gasteiger partial charge is 0.497 e. The van der Waals surface area contributed by atoms with Crippen LogP contribution >= 0.6 is 0 Å². The van der Waals surface area contributed by atoms with E-state index in [1.54, 1.807) is 12.0 Å². The van der Waals surface area contributed by atoms with E-state index in [0.717, 1.165) is 28.1 Å². The zero-order valence-corrected chi connectivity index (χ0v) is 15.4. The third kappa shape index (κ3) is 3.72. The summed E-state index contributed by atoms with van der Waals surface area (Å²) in [6.07, 6.45) is 0.247. The number of amides is 2. The predicted molar refractivity (Wildman–Crippen MR) is 101 cm³/mol. The number of hydrogen-bond acceptors (Lipinski definition) is 3. The normalized spacial score (nSPS) is 16.7. The molecule has 1 aliphatic rings. The van der Waals surface area contributed by atoms with Crippen LogP contribution in [0.1, 0.15) is 23.1 Å². The van der Waals surface area contributed by atoms with Crippen molar-refractivity contribution in [2.75, 3.05) is 18.6 Å². The molecule has 2 aromatic carbocycles. The second-order valence-corrected chi connectivity index (χ2v) is 6.69. The van der Waals surface area contributed by atoms with Crippen molar-refractivity contribution in [3.63, 3.8) is 0 Å². The van der Waals surface area contributed by atoms with E-state index in [1.807, 2.05) is 56.3 Å². The third-order valence-corrected chi connectivity index (χ3v) is 4.96. The van der Waals surface area contributed by atoms with Crippen molar-refractivity contribution in [1.82, 2.24) is 5.32 Å². The van der Waals surface area contributed by atoms with E-state index in [-0.39, 0.29) is 24.2 Å². The maximum absolute atomic E-state index is 12.5. The fourth-order valence-electron chi connectivity index (χ4n) is 3.26. The molecule has 0 saturated carbocycles. The minimum absolute atomic E-state index is 0.000213. The molecule has 3 rings (SSSR count). The lowest BCUT2D eigenvalue weighted by Crippen LogP contribution is -2.32. The van der Waals surface area contributed by atoms with Crippen LogP contribution in [0.15, 0.2) is 42.5 Å². The number of ether oxygens (including phenoxy) is 1. The molecular formula is C21H24N2O3. The van der Waals surface area contributed by atoms with E-state index < -0.39 is 0 Å². The van der Waals surface area contributed by atoms with Crippen molar-refractivity contribution in [3.05, 3.63) is 59.2 Å². The van der Waals surface area contributed by atoms with E-state index in [0.29, 0.717) is 13.1 Å². The van der Waals surface area contributed by atoms with E-state index in [9.17, 15) is 9.59 Å². The zero-order valence-electron chi connectivity index (χ0n) is 15.4. The second kappa shape index (κ2) is 7.60. The Hall–Kier alpha value is -2.82. The van der Waals surface area contributed by atoms with Gasteiger partial charge in [-0.25, -0.2) is 0 Å². The number of hydrogen-bond donors (Lipinski definition) is 1. The van der Waals surface area contributed by atoms with Crippen molar-refractivity contribution >= 4 is 17.5 Å². The summed E-state index contributed by atoms with van der Waals surface area (Å²) in [6.45, 7) is 4.88. The molecule has 1 heterocycles. The fraction of sp³-hybridized carbons (Fsp3) is 0.333. The highest BCUT2D eigenvalue weighted by molar-refractivity contribution is 6.00. The van der Waals surface area contributed by atoms with Gasteiger partial charge in [0.05, 0.1) is 13.0 Å². The minimum atomic E-state index is -0.326. The molecule has 0 radical (unpaired) electrons. The molecule has 1 aliphatic heterocycles. The van der Waals surface area contributed by atoms with Gasteiger partial charge in [0.1, 0.15) is 5.75 Å². The first-order valence-corrected chi connectivity index (χ1v) is 8.77. The molecule has 1 atom stereocenters. The van der Waals surface area contributed by atoms with Gasteiger partial charge in [0, 0.05) is 25.2 Å². The maximum Gasteiger partial charge on any atom is 0.227 e. The number of rotatable bonds is 5. The number of aryl methyl sites for hydroxylation is 1. The highest BCUT2D eigenvalue weighted by atomic mass is 16.5. The van der Waals surface area contributed by atoms with Gasteiger partial charge < -0.3 is 15.0 Å². The Balaban J connectivity index is 1.64. The van der Waals surface area contributed by atoms with Crippen LogP contribution in [0.3, 0.4) is 0 Å². The monoisotopic (exact) mass is 352 g/mol. The van der Waals surface area contributed by atoms with Crippen LogP contribution in [0.2, 0.25) is 0 Å². The van der Waals surface area contributed by atoms with Gasteiger partial charge in [0.2, 0.25) is 11.8 Å². The molecule has 0 aromatic heterocycles. The number of anilines is 1. The van der Waals surface area contributed by atoms with E-state index in [2.05, 4.69) is 5.32 Å². The first-order chi connectivity index (χ1) is 12.5. The summed E-state index contributed by atoms with van der Waals surface area (Å²) in [7, 11) is 1.61. The van der Waals surface area contributed by atoms with Crippen LogP contribution in [-0.4, -0.2) is 25.5 Å². The Labute approximate surface area is 154 Å². The van der Waals surface area contributed by atoms with Crippen LogP contribution in [-0.2, 0) is 16.1 Å². The summed E-state index contributed by atoms with van der Waals surface area (Å²) in [4.78, 5) is 26.7. The van der Waals surface area contributed by atoms with Crippen LogP contribution in [0.5, 0.6) is 5.75 Å². The van der Waals surface area contributed by atoms with Crippen LogP contribution in [0.25, 0.3) is 0 Å². The van der Waals surface area contributed by atoms with E-state index in [4.69, 9.17) is 4.74 Å². The second-order valence-electron chi connectivity index (χ2n) is 6.69. The third-order valence-electron chi connectivity index (χ3n) is 4.96. The molecule has 136 valence electrons. The molecule has 1 saturated heterocycles. The van der Waals surface area contributed by atoms with Crippen molar-refractivity contribution < 1.29 is 14.3 Å². The molecule has 0 spiro atoms. The summed E-state index contributed by atoms with van der Waals surface area (Å²) in [5.74, 6) is 0.344. The molecule has 1 N–H and O–H groups in total. The lowest BCUT2D eigenvalue weighted by molar-refractivity contribution is -0.126. The smallest absolute Gasteiger partial charge is 0.227 e. The molecule has 5 heteroatoms. The van der Waals surface area contributed by atoms with Gasteiger partial charge in [-0.2, -0.15) is 0 Å². The standard InChI is InChI=1S/C21H24N2O3/c1-14-6-4-9-19(15(14)2)23-13-17(11-20(23)24)21(25)22-12-16-7-5-8-18(10-16)26-3/h4-10,17H,11-13H2,1-3H3,(H,22,25)/t17-/m0/s1. The lowest BCUT2D eigenvalue weighted by Gasteiger charge is -2.20. The minimum Gasteiger partial charge on any atom is -0.497 e. The maximum atomic E-state index is 12.5. The van der Waals surface area contributed by atoms with Crippen molar-refractivity contribution in [2.24, 2.45) is 5.92 Å². The topological polar surface area (TPSA) is 58.6 Å². The Morgan fingerprint density at radius 2 is 2.00 bits per heavy atom. The number of carbonyl (C=O) groups excluding carboxylic acids is 2. The lowest BCUT2D eigenvalue weighted by atomic mass is 10.1. The summed E-state index contributed by atoms with van der Waals surface area (Å²) in [5.41, 5.74) is 4.09. The molecule has 26 heavy (non-hydrogen) atoms. The highest BCUT2D eigenvalue weighted by Crippen LogP contribution is 2.29. The number of carbonyl (C=O) groups is 2. The average molecular weight is 352 g/mol. The Kier molecular flexibility index (Phi) is 5.26. The summed E-state index contributed by atoms with van der Waals surface area (Å²) in [6, 6.07) is 13.5. The van der Waals surface area contributed by atoms with Gasteiger partial charge in [-0.05, 0) is 48.7 Å². The fourth-order valence-corrected chi connectivity index (χ4v) is 3.26. The van der Waals surface area contributed by atoms with Crippen LogP contribution in [0, 0.1) is 19.8 Å². The SMILES string of the molecule is COc1cccc(CNC(=O)[C@H]2CC(=O)N(c3cccc(C)c3C)C2)c1. The average Bonchev–Trinajstić information content (AvgIpc) is 3.04. The van der Waals surface area contributed by atoms with E-state index >= 15 is 0 Å². The molecular weight excluding hydrogens is 328 g/mol. The number of methoxy groups -OCH3 is 1. The Morgan fingerprint density at radius 1 is 1.23 bits per heavy atom. The van der Waals surface area contributed by atoms with Crippen molar-refractivity contribution in [1.29, 1.82) is 0 Å². The van der Waals surface area contributed by atoms with E-state index in [1.165, 1.54) is 0 Å². The van der Waals surface area contributed by atoms with Crippen LogP contribution in [0.4, 0.5) is 5.69 Å². The van der Waals surface area contributed by atoms with Crippen molar-refractivity contribution in [3.8, 4) is 5.75 Å². The van der Waals surface area contributed by atoms with Gasteiger partial charge in [0.15, 0.2) is 0 Å². The quantitative estimate of drug-likeness (QED) is 0.900. The Morgan fingerprint density at radius 3 is 2.77 bits per heavy atom. The molecule has 2 amide bonds. The van der Waals surface area contributed by atoms with Gasteiger partial charge in [0.25, 0.3) is 0 Å². The molecule has 2 aromatic rings. The number of nitrogens with one attached hydrogen (secondary N) is 1. The number of benzene rings is 2. The van der Waals surface area contributed by atoms with Gasteiger partial charge in [-0.1, -0.05) is 24.3 Å². The first kappa shape index (κ1) is 18.0. The van der Waals surface area contributed by atoms with Gasteiger partial charge >= 0.3 is 0 Å². The molecule has 5 nitrogen and oxygen atoms in total. The summed E-state index contributed by atoms with van der Waals surface area (Å²) in [5, 5.41) is 2.94. The Bertz CT molecular complexity index is 832. The van der Waals surface area contributed by atoms with Crippen LogP contribution < -0.4 is 15.0 Å². The van der Waals surface area contributed by atoms with Crippen molar-refractivity contribution in [2.45, 2.75) is 26.8 Å². The summed E-state index contributed by atoms with van der Waals surface area (Å²) < 4.78 is 5.20. The molecule has 1 fully saturated rings. The predicted octanol–water partition coefficient (Wildman–Crippen LogP) is 2.98. The number of nitrogens with zero attached hydrogens (tertiary/aromatic N) is 1. The molecule has 0 bridgehead atoms. The van der Waals surface area contributed by atoms with Gasteiger partial charge in [-0.15, -0.1) is 0 Å². The summed E-state index contributed by atoms with van der Waals surface area (Å²) >= 11 is 0. The van der Waals surface area contributed by atoms with Gasteiger partial charge in [-0.3, -0.25) is 9.59 Å². The highest BCUT2D eigenvalue weighted by Gasteiger charge is 2.35. The molecule has 0 unspecified atom stereocenters.